The molecule has 9 heteroatoms. The van der Waals surface area contributed by atoms with E-state index in [-0.39, 0.29) is 5.91 Å². The molecule has 3 aromatic rings. The number of ether oxygens (including phenoxy) is 2. The average Bonchev–Trinajstić information content (AvgIpc) is 3.20. The van der Waals surface area contributed by atoms with Gasteiger partial charge in [0.2, 0.25) is 0 Å². The predicted octanol–water partition coefficient (Wildman–Crippen LogP) is 5.45. The van der Waals surface area contributed by atoms with Crippen molar-refractivity contribution < 1.29 is 14.3 Å². The molecular weight excluding hydrogens is 403 g/mol. The Kier molecular flexibility index (Phi) is 5.48. The number of amides is 1. The first-order valence-corrected chi connectivity index (χ1v) is 9.41. The van der Waals surface area contributed by atoms with E-state index in [1.54, 1.807) is 26.4 Å². The number of benzene rings is 1. The Hall–Kier alpha value is -1.80. The summed E-state index contributed by atoms with van der Waals surface area (Å²) in [6, 6.07) is 6.97. The lowest BCUT2D eigenvalue weighted by atomic mass is 10.1. The lowest BCUT2D eigenvalue weighted by Gasteiger charge is -2.08. The van der Waals surface area contributed by atoms with E-state index >= 15 is 0 Å². The highest BCUT2D eigenvalue weighted by atomic mass is 35.5. The number of thiazole rings is 1. The summed E-state index contributed by atoms with van der Waals surface area (Å²) < 4.78 is 11.4. The second-order valence-electron chi connectivity index (χ2n) is 4.80. The number of nitrogens with one attached hydrogen (secondary N) is 1. The standard InChI is InChI=1S/C16H12Cl2N2O3S2/c1-22-8-3-4-12(23-2)9(5-8)11-7-24-16(19-11)20-15(21)10-6-13(17)25-14(10)18/h3-7H,1-2H3,(H,19,20,21). The summed E-state index contributed by atoms with van der Waals surface area (Å²) in [5.74, 6) is 0.998. The van der Waals surface area contributed by atoms with Gasteiger partial charge in [0.15, 0.2) is 5.13 Å². The largest absolute Gasteiger partial charge is 0.497 e. The Labute approximate surface area is 162 Å². The van der Waals surface area contributed by atoms with E-state index in [1.807, 2.05) is 11.4 Å². The summed E-state index contributed by atoms with van der Waals surface area (Å²) in [7, 11) is 3.18. The van der Waals surface area contributed by atoms with E-state index in [1.165, 1.54) is 17.4 Å². The van der Waals surface area contributed by atoms with Crippen LogP contribution in [0.5, 0.6) is 11.5 Å². The summed E-state index contributed by atoms with van der Waals surface area (Å²) in [5, 5.41) is 5.00. The van der Waals surface area contributed by atoms with E-state index in [0.717, 1.165) is 16.9 Å². The molecule has 2 aromatic heterocycles. The van der Waals surface area contributed by atoms with Crippen LogP contribution in [0.1, 0.15) is 10.4 Å². The van der Waals surface area contributed by atoms with E-state index in [2.05, 4.69) is 10.3 Å². The number of anilines is 1. The second kappa shape index (κ2) is 7.61. The van der Waals surface area contributed by atoms with Gasteiger partial charge in [-0.25, -0.2) is 4.98 Å². The molecule has 5 nitrogen and oxygen atoms in total. The fourth-order valence-electron chi connectivity index (χ4n) is 2.13. The third-order valence-electron chi connectivity index (χ3n) is 3.31. The molecule has 2 heterocycles. The zero-order valence-electron chi connectivity index (χ0n) is 13.1. The van der Waals surface area contributed by atoms with Gasteiger partial charge in [-0.05, 0) is 24.3 Å². The Morgan fingerprint density at radius 3 is 2.64 bits per heavy atom. The van der Waals surface area contributed by atoms with Gasteiger partial charge in [0, 0.05) is 10.9 Å². The molecule has 130 valence electrons. The van der Waals surface area contributed by atoms with Gasteiger partial charge < -0.3 is 9.47 Å². The summed E-state index contributed by atoms with van der Waals surface area (Å²) >= 11 is 14.3. The minimum Gasteiger partial charge on any atom is -0.497 e. The van der Waals surface area contributed by atoms with Crippen LogP contribution in [-0.4, -0.2) is 25.1 Å². The Morgan fingerprint density at radius 1 is 1.20 bits per heavy atom. The molecule has 1 aromatic carbocycles. The van der Waals surface area contributed by atoms with E-state index < -0.39 is 0 Å². The topological polar surface area (TPSA) is 60.5 Å². The summed E-state index contributed by atoms with van der Waals surface area (Å²) in [5.41, 5.74) is 1.77. The van der Waals surface area contributed by atoms with Crippen molar-refractivity contribution in [2.75, 3.05) is 19.5 Å². The van der Waals surface area contributed by atoms with Crippen molar-refractivity contribution in [1.82, 2.24) is 4.98 Å². The smallest absolute Gasteiger partial charge is 0.259 e. The molecule has 0 aliphatic rings. The molecule has 0 saturated carbocycles. The van der Waals surface area contributed by atoms with Gasteiger partial charge in [0.1, 0.15) is 15.8 Å². The van der Waals surface area contributed by atoms with Gasteiger partial charge in [-0.2, -0.15) is 0 Å². The monoisotopic (exact) mass is 414 g/mol. The number of aromatic nitrogens is 1. The Morgan fingerprint density at radius 2 is 2.00 bits per heavy atom. The van der Waals surface area contributed by atoms with Gasteiger partial charge in [0.25, 0.3) is 5.91 Å². The molecule has 3 rings (SSSR count). The number of halogens is 2. The number of methoxy groups -OCH3 is 2. The Bertz CT molecular complexity index is 924. The molecule has 0 atom stereocenters. The zero-order chi connectivity index (χ0) is 18.0. The average molecular weight is 415 g/mol. The number of thiophene rings is 1. The van der Waals surface area contributed by atoms with Crippen LogP contribution in [0.25, 0.3) is 11.3 Å². The summed E-state index contributed by atoms with van der Waals surface area (Å²) in [6.45, 7) is 0. The molecule has 0 spiro atoms. The molecule has 25 heavy (non-hydrogen) atoms. The van der Waals surface area contributed by atoms with Crippen molar-refractivity contribution in [1.29, 1.82) is 0 Å². The van der Waals surface area contributed by atoms with Crippen LogP contribution in [0.3, 0.4) is 0 Å². The molecule has 1 amide bonds. The molecule has 0 saturated heterocycles. The number of carbonyl (C=O) groups excluding carboxylic acids is 1. The van der Waals surface area contributed by atoms with Crippen LogP contribution < -0.4 is 14.8 Å². The number of rotatable bonds is 5. The molecular formula is C16H12Cl2N2O3S2. The molecule has 0 fully saturated rings. The quantitative estimate of drug-likeness (QED) is 0.602. The van der Waals surface area contributed by atoms with Crippen molar-refractivity contribution in [2.24, 2.45) is 0 Å². The van der Waals surface area contributed by atoms with Gasteiger partial charge in [-0.3, -0.25) is 10.1 Å². The first kappa shape index (κ1) is 18.0. The zero-order valence-corrected chi connectivity index (χ0v) is 16.3. The van der Waals surface area contributed by atoms with Gasteiger partial charge in [-0.1, -0.05) is 23.2 Å². The highest BCUT2D eigenvalue weighted by Gasteiger charge is 2.17. The second-order valence-corrected chi connectivity index (χ2v) is 7.94. The highest BCUT2D eigenvalue weighted by molar-refractivity contribution is 7.20. The maximum Gasteiger partial charge on any atom is 0.259 e. The van der Waals surface area contributed by atoms with Crippen LogP contribution in [0.2, 0.25) is 8.67 Å². The molecule has 0 bridgehead atoms. The van der Waals surface area contributed by atoms with Gasteiger partial charge >= 0.3 is 0 Å². The highest BCUT2D eigenvalue weighted by Crippen LogP contribution is 2.36. The number of hydrogen-bond donors (Lipinski definition) is 1. The number of hydrogen-bond acceptors (Lipinski definition) is 6. The van der Waals surface area contributed by atoms with E-state index in [0.29, 0.717) is 36.6 Å². The normalized spacial score (nSPS) is 10.6. The van der Waals surface area contributed by atoms with Crippen LogP contribution in [0.15, 0.2) is 29.6 Å². The van der Waals surface area contributed by atoms with Gasteiger partial charge in [0.05, 0.1) is 29.8 Å². The van der Waals surface area contributed by atoms with Crippen molar-refractivity contribution in [3.8, 4) is 22.8 Å². The predicted molar refractivity (Wildman–Crippen MR) is 103 cm³/mol. The molecule has 0 radical (unpaired) electrons. The SMILES string of the molecule is COc1ccc(OC)c(-c2csc(NC(=O)c3cc(Cl)sc3Cl)n2)c1. The fraction of sp³-hybridized carbons (Fsp3) is 0.125. The van der Waals surface area contributed by atoms with Crippen molar-refractivity contribution >= 4 is 56.9 Å². The van der Waals surface area contributed by atoms with Crippen LogP contribution in [0.4, 0.5) is 5.13 Å². The van der Waals surface area contributed by atoms with Crippen molar-refractivity contribution in [3.05, 3.63) is 43.9 Å². The Balaban J connectivity index is 1.86. The van der Waals surface area contributed by atoms with Crippen molar-refractivity contribution in [2.45, 2.75) is 0 Å². The van der Waals surface area contributed by atoms with Gasteiger partial charge in [-0.15, -0.1) is 22.7 Å². The first-order valence-electron chi connectivity index (χ1n) is 6.96. The maximum absolute atomic E-state index is 12.3. The molecule has 0 aliphatic heterocycles. The summed E-state index contributed by atoms with van der Waals surface area (Å²) in [6.07, 6.45) is 0. The van der Waals surface area contributed by atoms with E-state index in [9.17, 15) is 4.79 Å². The van der Waals surface area contributed by atoms with Crippen LogP contribution >= 0.6 is 45.9 Å². The fourth-order valence-corrected chi connectivity index (χ4v) is 4.29. The number of nitrogens with zero attached hydrogens (tertiary/aromatic N) is 1. The van der Waals surface area contributed by atoms with Crippen LogP contribution in [0, 0.1) is 0 Å². The number of carbonyl (C=O) groups is 1. The minimum absolute atomic E-state index is 0.326. The third-order valence-corrected chi connectivity index (χ3v) is 5.55. The summed E-state index contributed by atoms with van der Waals surface area (Å²) in [4.78, 5) is 16.7. The lowest BCUT2D eigenvalue weighted by molar-refractivity contribution is 0.102. The first-order chi connectivity index (χ1) is 12.0. The van der Waals surface area contributed by atoms with Crippen molar-refractivity contribution in [3.63, 3.8) is 0 Å². The third kappa shape index (κ3) is 3.90. The molecule has 0 aliphatic carbocycles. The minimum atomic E-state index is -0.355. The van der Waals surface area contributed by atoms with E-state index in [4.69, 9.17) is 32.7 Å². The maximum atomic E-state index is 12.3. The van der Waals surface area contributed by atoms with Crippen LogP contribution in [-0.2, 0) is 0 Å². The lowest BCUT2D eigenvalue weighted by Crippen LogP contribution is -2.11. The molecule has 1 N–H and O–H groups in total. The molecule has 0 unspecified atom stereocenters.